The Bertz CT molecular complexity index is 735. The fourth-order valence-electron chi connectivity index (χ4n) is 2.03. The van der Waals surface area contributed by atoms with Crippen LogP contribution in [0.25, 0.3) is 0 Å². The average Bonchev–Trinajstić information content (AvgIpc) is 3.07. The van der Waals surface area contributed by atoms with E-state index in [1.807, 2.05) is 30.3 Å². The molecule has 3 nitrogen and oxygen atoms in total. The van der Waals surface area contributed by atoms with Crippen molar-refractivity contribution in [3.05, 3.63) is 52.9 Å². The Morgan fingerprint density at radius 2 is 1.92 bits per heavy atom. The molecule has 1 heterocycles. The van der Waals surface area contributed by atoms with Crippen LogP contribution < -0.4 is 4.90 Å². The van der Waals surface area contributed by atoms with Crippen molar-refractivity contribution in [3.8, 4) is 12.3 Å². The molecule has 0 radical (unpaired) electrons. The summed E-state index contributed by atoms with van der Waals surface area (Å²) in [7, 11) is 0. The van der Waals surface area contributed by atoms with Gasteiger partial charge in [0.1, 0.15) is 16.6 Å². The smallest absolute Gasteiger partial charge is 0.356 e. The van der Waals surface area contributed by atoms with Crippen molar-refractivity contribution >= 4 is 22.2 Å². The Hall–Kier alpha value is -2.30. The number of carbonyl (C=O) groups excluding carboxylic acids is 1. The Morgan fingerprint density at radius 1 is 1.20 bits per heavy atom. The van der Waals surface area contributed by atoms with Crippen LogP contribution in [-0.4, -0.2) is 12.6 Å². The van der Waals surface area contributed by atoms with Gasteiger partial charge in [0.15, 0.2) is 0 Å². The van der Waals surface area contributed by atoms with E-state index in [0.29, 0.717) is 11.3 Å². The second-order valence-corrected chi connectivity index (χ2v) is 6.19. The summed E-state index contributed by atoms with van der Waals surface area (Å²) in [5.41, 5.74) is 0.903. The summed E-state index contributed by atoms with van der Waals surface area (Å²) in [6.07, 6.45) is 0.972. The molecule has 0 aliphatic heterocycles. The molecule has 0 atom stereocenters. The van der Waals surface area contributed by atoms with Gasteiger partial charge in [0, 0.05) is 12.8 Å². The number of nitrogens with zero attached hydrogens (tertiary/aromatic N) is 1. The highest BCUT2D eigenvalue weighted by atomic mass is 32.1. The van der Waals surface area contributed by atoms with Crippen LogP contribution >= 0.6 is 11.3 Å². The molecule has 1 aromatic heterocycles. The molecule has 0 aliphatic rings. The summed E-state index contributed by atoms with van der Waals surface area (Å²) in [5, 5.41) is 0.183. The standard InChI is InChI=1S/C18H16F3NO2S/c1-2-3-9-16(23)22(13-24-12-14-7-5-4-6-8-14)17-11-10-15(25-17)18(19,20)21/h1,4-8,10-11H,3,9,12-13H2. The summed E-state index contributed by atoms with van der Waals surface area (Å²) in [4.78, 5) is 12.7. The SMILES string of the molecule is C#CCCC(=O)N(COCc1ccccc1)c1ccc(C(F)(F)F)s1. The van der Waals surface area contributed by atoms with E-state index in [0.717, 1.165) is 11.6 Å². The van der Waals surface area contributed by atoms with E-state index < -0.39 is 11.1 Å². The van der Waals surface area contributed by atoms with E-state index >= 15 is 0 Å². The van der Waals surface area contributed by atoms with Crippen molar-refractivity contribution in [2.45, 2.75) is 25.6 Å². The highest BCUT2D eigenvalue weighted by Crippen LogP contribution is 2.38. The molecule has 25 heavy (non-hydrogen) atoms. The zero-order valence-electron chi connectivity index (χ0n) is 13.3. The van der Waals surface area contributed by atoms with Crippen LogP contribution in [0, 0.1) is 12.3 Å². The second-order valence-electron chi connectivity index (χ2n) is 5.12. The molecule has 7 heteroatoms. The van der Waals surface area contributed by atoms with Gasteiger partial charge in [-0.15, -0.1) is 23.7 Å². The first-order valence-corrected chi connectivity index (χ1v) is 8.26. The van der Waals surface area contributed by atoms with Gasteiger partial charge >= 0.3 is 6.18 Å². The first kappa shape index (κ1) is 19.0. The number of thiophene rings is 1. The first-order chi connectivity index (χ1) is 11.9. The Balaban J connectivity index is 2.08. The third-order valence-corrected chi connectivity index (χ3v) is 4.41. The number of carbonyl (C=O) groups is 1. The van der Waals surface area contributed by atoms with Crippen LogP contribution in [0.4, 0.5) is 18.2 Å². The van der Waals surface area contributed by atoms with Gasteiger partial charge in [-0.3, -0.25) is 9.69 Å². The monoisotopic (exact) mass is 367 g/mol. The van der Waals surface area contributed by atoms with Crippen LogP contribution in [0.15, 0.2) is 42.5 Å². The first-order valence-electron chi connectivity index (χ1n) is 7.44. The van der Waals surface area contributed by atoms with Crippen LogP contribution in [0.2, 0.25) is 0 Å². The summed E-state index contributed by atoms with van der Waals surface area (Å²) in [5.74, 6) is 1.98. The van der Waals surface area contributed by atoms with Crippen LogP contribution in [-0.2, 0) is 22.3 Å². The minimum absolute atomic E-state index is 0.0461. The molecule has 0 unspecified atom stereocenters. The topological polar surface area (TPSA) is 29.5 Å². The lowest BCUT2D eigenvalue weighted by Gasteiger charge is -2.21. The van der Waals surface area contributed by atoms with E-state index in [1.165, 1.54) is 11.0 Å². The molecule has 132 valence electrons. The van der Waals surface area contributed by atoms with Gasteiger partial charge < -0.3 is 4.74 Å². The van der Waals surface area contributed by atoms with Crippen molar-refractivity contribution in [1.29, 1.82) is 0 Å². The minimum Gasteiger partial charge on any atom is -0.356 e. The molecule has 0 saturated carbocycles. The number of benzene rings is 1. The fourth-order valence-corrected chi connectivity index (χ4v) is 2.90. The van der Waals surface area contributed by atoms with E-state index in [9.17, 15) is 18.0 Å². The maximum atomic E-state index is 12.8. The number of amides is 1. The number of rotatable bonds is 7. The summed E-state index contributed by atoms with van der Waals surface area (Å²) in [6.45, 7) is 0.105. The third kappa shape index (κ3) is 5.62. The number of ether oxygens (including phenoxy) is 1. The number of alkyl halides is 3. The maximum Gasteiger partial charge on any atom is 0.425 e. The van der Waals surface area contributed by atoms with Gasteiger partial charge in [0.05, 0.1) is 6.61 Å². The molecular weight excluding hydrogens is 351 g/mol. The normalized spacial score (nSPS) is 11.1. The predicted molar refractivity (Wildman–Crippen MR) is 91.0 cm³/mol. The van der Waals surface area contributed by atoms with E-state index in [-0.39, 0.29) is 37.1 Å². The summed E-state index contributed by atoms with van der Waals surface area (Å²) >= 11 is 0.504. The zero-order chi connectivity index (χ0) is 18.3. The number of hydrogen-bond donors (Lipinski definition) is 0. The maximum absolute atomic E-state index is 12.8. The highest BCUT2D eigenvalue weighted by molar-refractivity contribution is 7.16. The van der Waals surface area contributed by atoms with Crippen molar-refractivity contribution in [3.63, 3.8) is 0 Å². The molecular formula is C18H16F3NO2S. The van der Waals surface area contributed by atoms with Crippen molar-refractivity contribution < 1.29 is 22.7 Å². The quantitative estimate of drug-likeness (QED) is 0.525. The molecule has 2 aromatic rings. The van der Waals surface area contributed by atoms with Gasteiger partial charge in [-0.25, -0.2) is 0 Å². The fraction of sp³-hybridized carbons (Fsp3) is 0.278. The van der Waals surface area contributed by atoms with Gasteiger partial charge in [-0.1, -0.05) is 30.3 Å². The van der Waals surface area contributed by atoms with Crippen molar-refractivity contribution in [2.75, 3.05) is 11.6 Å². The summed E-state index contributed by atoms with van der Waals surface area (Å²) < 4.78 is 43.9. The molecule has 0 fully saturated rings. The lowest BCUT2D eigenvalue weighted by atomic mass is 10.2. The molecule has 0 aliphatic carbocycles. The van der Waals surface area contributed by atoms with Crippen LogP contribution in [0.3, 0.4) is 0 Å². The highest BCUT2D eigenvalue weighted by Gasteiger charge is 2.33. The number of anilines is 1. The number of halogens is 3. The van der Waals surface area contributed by atoms with Crippen molar-refractivity contribution in [1.82, 2.24) is 0 Å². The molecule has 1 aromatic carbocycles. The average molecular weight is 367 g/mol. The molecule has 1 amide bonds. The van der Waals surface area contributed by atoms with E-state index in [4.69, 9.17) is 11.2 Å². The lowest BCUT2D eigenvalue weighted by Crippen LogP contribution is -2.32. The minimum atomic E-state index is -4.44. The zero-order valence-corrected chi connectivity index (χ0v) is 14.1. The number of terminal acetylenes is 1. The molecule has 2 rings (SSSR count). The number of hydrogen-bond acceptors (Lipinski definition) is 3. The molecule has 0 N–H and O–H groups in total. The Labute approximate surface area is 148 Å². The Kier molecular flexibility index (Phi) is 6.62. The van der Waals surface area contributed by atoms with Gasteiger partial charge in [-0.2, -0.15) is 13.2 Å². The van der Waals surface area contributed by atoms with Gasteiger partial charge in [0.25, 0.3) is 0 Å². The van der Waals surface area contributed by atoms with Gasteiger partial charge in [-0.05, 0) is 17.7 Å². The van der Waals surface area contributed by atoms with Crippen LogP contribution in [0.5, 0.6) is 0 Å². The third-order valence-electron chi connectivity index (χ3n) is 3.25. The van der Waals surface area contributed by atoms with Crippen molar-refractivity contribution in [2.24, 2.45) is 0 Å². The molecule has 0 bridgehead atoms. The van der Waals surface area contributed by atoms with E-state index in [2.05, 4.69) is 5.92 Å². The molecule has 0 saturated heterocycles. The van der Waals surface area contributed by atoms with Gasteiger partial charge in [0.2, 0.25) is 5.91 Å². The second kappa shape index (κ2) is 8.70. The summed E-state index contributed by atoms with van der Waals surface area (Å²) in [6, 6.07) is 11.5. The Morgan fingerprint density at radius 3 is 2.52 bits per heavy atom. The van der Waals surface area contributed by atoms with E-state index in [1.54, 1.807) is 0 Å². The van der Waals surface area contributed by atoms with Crippen LogP contribution in [0.1, 0.15) is 23.3 Å². The predicted octanol–water partition coefficient (Wildman–Crippen LogP) is 4.69. The molecule has 0 spiro atoms. The largest absolute Gasteiger partial charge is 0.425 e. The lowest BCUT2D eigenvalue weighted by molar-refractivity contribution is -0.134.